The zero-order valence-electron chi connectivity index (χ0n) is 18.7. The van der Waals surface area contributed by atoms with Crippen molar-refractivity contribution in [3.63, 3.8) is 0 Å². The minimum atomic E-state index is -2.37. The Hall–Kier alpha value is -3.63. The Bertz CT molecular complexity index is 1480. The summed E-state index contributed by atoms with van der Waals surface area (Å²) >= 11 is 12.0. The zero-order valence-corrected chi connectivity index (χ0v) is 20.2. The largest absolute Gasteiger partial charge is 0.473 e. The molecule has 0 fully saturated rings. The summed E-state index contributed by atoms with van der Waals surface area (Å²) in [5.74, 6) is -14.7. The second kappa shape index (κ2) is 10.0. The summed E-state index contributed by atoms with van der Waals surface area (Å²) in [4.78, 5) is 25.2. The first kappa shape index (κ1) is 26.4. The molecular formula is C25H13Cl2F5O5. The Morgan fingerprint density at radius 1 is 0.973 bits per heavy atom. The Kier molecular flexibility index (Phi) is 7.16. The number of benzene rings is 3. The quantitative estimate of drug-likeness (QED) is 0.0843. The first-order valence-electron chi connectivity index (χ1n) is 10.3. The average molecular weight is 559 g/mol. The third kappa shape index (κ3) is 4.86. The van der Waals surface area contributed by atoms with Crippen LogP contribution in [0.3, 0.4) is 0 Å². The van der Waals surface area contributed by atoms with Crippen molar-refractivity contribution in [1.82, 2.24) is 0 Å². The van der Waals surface area contributed by atoms with Crippen molar-refractivity contribution in [2.24, 2.45) is 0 Å². The topological polar surface area (TPSA) is 61.8 Å². The maximum atomic E-state index is 13.9. The van der Waals surface area contributed by atoms with E-state index in [9.17, 15) is 31.5 Å². The van der Waals surface area contributed by atoms with E-state index in [4.69, 9.17) is 37.4 Å². The van der Waals surface area contributed by atoms with E-state index in [0.717, 1.165) is 6.92 Å². The number of hydrogen-bond acceptors (Lipinski definition) is 5. The van der Waals surface area contributed by atoms with Gasteiger partial charge < -0.3 is 14.2 Å². The van der Waals surface area contributed by atoms with Gasteiger partial charge in [-0.25, -0.2) is 18.0 Å². The van der Waals surface area contributed by atoms with Crippen LogP contribution in [-0.2, 0) is 4.79 Å². The Morgan fingerprint density at radius 3 is 2.22 bits per heavy atom. The van der Waals surface area contributed by atoms with E-state index < -0.39 is 52.7 Å². The van der Waals surface area contributed by atoms with E-state index in [1.807, 2.05) is 0 Å². The summed E-state index contributed by atoms with van der Waals surface area (Å²) in [6.45, 7) is 2.46. The summed E-state index contributed by atoms with van der Waals surface area (Å²) in [6, 6.07) is 7.25. The molecule has 0 bridgehead atoms. The number of halogens is 7. The Balaban J connectivity index is 1.55. The van der Waals surface area contributed by atoms with Crippen molar-refractivity contribution < 1.29 is 45.8 Å². The molecule has 0 spiro atoms. The van der Waals surface area contributed by atoms with Crippen LogP contribution in [0, 0.1) is 36.0 Å². The fourth-order valence-corrected chi connectivity index (χ4v) is 3.81. The van der Waals surface area contributed by atoms with Crippen molar-refractivity contribution in [2.45, 2.75) is 20.0 Å². The maximum Gasteiger partial charge on any atom is 0.352 e. The van der Waals surface area contributed by atoms with Gasteiger partial charge in [0.05, 0.1) is 5.56 Å². The highest BCUT2D eigenvalue weighted by Crippen LogP contribution is 2.40. The molecule has 1 aliphatic rings. The second-order valence-corrected chi connectivity index (χ2v) is 8.59. The zero-order chi connectivity index (χ0) is 27.2. The van der Waals surface area contributed by atoms with Crippen LogP contribution in [0.2, 0.25) is 10.0 Å². The summed E-state index contributed by atoms with van der Waals surface area (Å²) < 4.78 is 83.3. The number of hydrogen-bond donors (Lipinski definition) is 0. The number of ketones is 1. The van der Waals surface area contributed by atoms with Crippen molar-refractivity contribution in [3.05, 3.63) is 91.9 Å². The fraction of sp³-hybridized carbons (Fsp3) is 0.120. The first-order chi connectivity index (χ1) is 17.4. The molecule has 37 heavy (non-hydrogen) atoms. The van der Waals surface area contributed by atoms with Crippen LogP contribution in [0.4, 0.5) is 22.0 Å². The second-order valence-electron chi connectivity index (χ2n) is 7.75. The van der Waals surface area contributed by atoms with Gasteiger partial charge in [-0.05, 0) is 49.8 Å². The van der Waals surface area contributed by atoms with Crippen LogP contribution in [0.25, 0.3) is 6.08 Å². The van der Waals surface area contributed by atoms with Gasteiger partial charge in [-0.3, -0.25) is 4.79 Å². The van der Waals surface area contributed by atoms with Gasteiger partial charge in [0.15, 0.2) is 17.6 Å². The van der Waals surface area contributed by atoms with E-state index in [2.05, 4.69) is 0 Å². The van der Waals surface area contributed by atoms with Gasteiger partial charge in [0.2, 0.25) is 34.9 Å². The third-order valence-electron chi connectivity index (χ3n) is 5.29. The molecule has 0 aliphatic carbocycles. The summed E-state index contributed by atoms with van der Waals surface area (Å²) in [7, 11) is 0. The number of carbonyl (C=O) groups excluding carboxylic acids is 2. The normalized spacial score (nSPS) is 14.4. The van der Waals surface area contributed by atoms with E-state index in [-0.39, 0.29) is 33.4 Å². The number of fused-ring (bicyclic) bond motifs is 1. The standard InChI is InChI=1S/C25H13Cl2F5O5/c1-9-15(37-25(34)10(2)35-24-20(31)18(29)17(28)19(30)21(24)32)6-5-13-22(33)16(36-23(9)13)7-11-3-4-12(26)8-14(11)27/h3-8,10H,1-2H3/b16-7-. The lowest BCUT2D eigenvalue weighted by atomic mass is 10.1. The van der Waals surface area contributed by atoms with Crippen molar-refractivity contribution in [1.29, 1.82) is 0 Å². The van der Waals surface area contributed by atoms with Gasteiger partial charge in [0.25, 0.3) is 0 Å². The molecule has 3 aromatic rings. The van der Waals surface area contributed by atoms with Crippen LogP contribution in [0.1, 0.15) is 28.4 Å². The van der Waals surface area contributed by atoms with Crippen LogP contribution in [0.15, 0.2) is 36.1 Å². The number of esters is 1. The van der Waals surface area contributed by atoms with Gasteiger partial charge in [-0.2, -0.15) is 8.78 Å². The predicted molar refractivity (Wildman–Crippen MR) is 123 cm³/mol. The van der Waals surface area contributed by atoms with Gasteiger partial charge in [-0.15, -0.1) is 0 Å². The van der Waals surface area contributed by atoms with E-state index in [0.29, 0.717) is 10.6 Å². The number of ether oxygens (including phenoxy) is 3. The van der Waals surface area contributed by atoms with Gasteiger partial charge in [0, 0.05) is 15.6 Å². The molecule has 0 amide bonds. The highest BCUT2D eigenvalue weighted by atomic mass is 35.5. The maximum absolute atomic E-state index is 13.9. The lowest BCUT2D eigenvalue weighted by Gasteiger charge is -2.16. The molecule has 0 saturated heterocycles. The van der Waals surface area contributed by atoms with Gasteiger partial charge in [0.1, 0.15) is 11.5 Å². The highest BCUT2D eigenvalue weighted by Gasteiger charge is 2.33. The molecular weight excluding hydrogens is 546 g/mol. The average Bonchev–Trinajstić information content (AvgIpc) is 3.18. The molecule has 1 unspecified atom stereocenters. The lowest BCUT2D eigenvalue weighted by molar-refractivity contribution is -0.141. The number of allylic oxidation sites excluding steroid dienone is 1. The van der Waals surface area contributed by atoms with Gasteiger partial charge in [-0.1, -0.05) is 29.3 Å². The van der Waals surface area contributed by atoms with Crippen LogP contribution in [0.5, 0.6) is 17.2 Å². The number of carbonyl (C=O) groups is 2. The lowest BCUT2D eigenvalue weighted by Crippen LogP contribution is -2.29. The smallest absolute Gasteiger partial charge is 0.352 e. The molecule has 0 aromatic heterocycles. The Morgan fingerprint density at radius 2 is 1.59 bits per heavy atom. The highest BCUT2D eigenvalue weighted by molar-refractivity contribution is 6.35. The first-order valence-corrected chi connectivity index (χ1v) is 11.1. The van der Waals surface area contributed by atoms with Crippen LogP contribution < -0.4 is 14.2 Å². The van der Waals surface area contributed by atoms with E-state index in [1.54, 1.807) is 12.1 Å². The minimum Gasteiger partial charge on any atom is -0.473 e. The molecule has 1 heterocycles. The molecule has 3 aromatic carbocycles. The summed E-state index contributed by atoms with van der Waals surface area (Å²) in [5, 5.41) is 0.677. The molecule has 4 rings (SSSR count). The van der Waals surface area contributed by atoms with E-state index in [1.165, 1.54) is 31.2 Å². The van der Waals surface area contributed by atoms with Crippen LogP contribution in [-0.4, -0.2) is 17.9 Å². The molecule has 1 atom stereocenters. The molecule has 1 aliphatic heterocycles. The predicted octanol–water partition coefficient (Wildman–Crippen LogP) is 6.99. The third-order valence-corrected chi connectivity index (χ3v) is 5.85. The van der Waals surface area contributed by atoms with Gasteiger partial charge >= 0.3 is 5.97 Å². The molecule has 0 N–H and O–H groups in total. The SMILES string of the molecule is Cc1c(OC(=O)C(C)Oc2c(F)c(F)c(F)c(F)c2F)ccc2c1O/C(=C\c1ccc(Cl)cc1Cl)C2=O. The monoisotopic (exact) mass is 558 g/mol. The van der Waals surface area contributed by atoms with Crippen molar-refractivity contribution in [2.75, 3.05) is 0 Å². The molecule has 5 nitrogen and oxygen atoms in total. The molecule has 0 radical (unpaired) electrons. The summed E-state index contributed by atoms with van der Waals surface area (Å²) in [6.07, 6.45) is -0.377. The molecule has 0 saturated carbocycles. The van der Waals surface area contributed by atoms with Crippen molar-refractivity contribution >= 4 is 41.0 Å². The number of rotatable bonds is 5. The summed E-state index contributed by atoms with van der Waals surface area (Å²) in [5.41, 5.74) is 0.846. The molecule has 192 valence electrons. The Labute approximate surface area is 216 Å². The van der Waals surface area contributed by atoms with Crippen molar-refractivity contribution in [3.8, 4) is 17.2 Å². The van der Waals surface area contributed by atoms with E-state index >= 15 is 0 Å². The van der Waals surface area contributed by atoms with Crippen LogP contribution >= 0.6 is 23.2 Å². The number of Topliss-reactive ketones (excluding diaryl/α,β-unsaturated/α-hetero) is 1. The minimum absolute atomic E-state index is 0.0613. The molecule has 12 heteroatoms. The fourth-order valence-electron chi connectivity index (χ4n) is 3.34.